The quantitative estimate of drug-likeness (QED) is 0.519. The molecule has 0 saturated heterocycles. The molecule has 0 bridgehead atoms. The second kappa shape index (κ2) is 9.87. The molecule has 2 heterocycles. The Labute approximate surface area is 191 Å². The first kappa shape index (κ1) is 21.9. The number of carbonyl (C=O) groups is 2. The number of thiophene rings is 1. The summed E-state index contributed by atoms with van der Waals surface area (Å²) >= 11 is 1.60. The van der Waals surface area contributed by atoms with Gasteiger partial charge in [-0.2, -0.15) is 0 Å². The van der Waals surface area contributed by atoms with Crippen molar-refractivity contribution < 1.29 is 19.1 Å². The highest BCUT2D eigenvalue weighted by Gasteiger charge is 2.34. The molecule has 4 rings (SSSR count). The van der Waals surface area contributed by atoms with E-state index in [1.807, 2.05) is 66.9 Å². The first-order chi connectivity index (χ1) is 15.6. The van der Waals surface area contributed by atoms with Crippen LogP contribution in [0.3, 0.4) is 0 Å². The van der Waals surface area contributed by atoms with E-state index in [-0.39, 0.29) is 18.2 Å². The minimum Gasteiger partial charge on any atom is -0.493 e. The highest BCUT2D eigenvalue weighted by molar-refractivity contribution is 7.09. The monoisotopic (exact) mass is 450 g/mol. The number of ether oxygens (including phenoxy) is 2. The molecule has 1 aliphatic heterocycles. The second-order valence-corrected chi connectivity index (χ2v) is 8.54. The fourth-order valence-electron chi connectivity index (χ4n) is 3.95. The van der Waals surface area contributed by atoms with Gasteiger partial charge in [0.25, 0.3) is 5.91 Å². The van der Waals surface area contributed by atoms with Crippen molar-refractivity contribution in [3.63, 3.8) is 0 Å². The Morgan fingerprint density at radius 3 is 2.72 bits per heavy atom. The van der Waals surface area contributed by atoms with E-state index in [9.17, 15) is 9.59 Å². The molecule has 1 atom stereocenters. The van der Waals surface area contributed by atoms with Crippen LogP contribution in [0.2, 0.25) is 0 Å². The molecule has 1 N–H and O–H groups in total. The third kappa shape index (κ3) is 4.62. The van der Waals surface area contributed by atoms with Crippen LogP contribution in [0.15, 0.2) is 60.0 Å². The zero-order valence-corrected chi connectivity index (χ0v) is 19.0. The highest BCUT2D eigenvalue weighted by atomic mass is 32.1. The van der Waals surface area contributed by atoms with Crippen LogP contribution >= 0.6 is 11.3 Å². The molecule has 0 radical (unpaired) electrons. The Bertz CT molecular complexity index is 1100. The zero-order chi connectivity index (χ0) is 22.5. The fourth-order valence-corrected chi connectivity index (χ4v) is 4.59. The van der Waals surface area contributed by atoms with Gasteiger partial charge in [-0.1, -0.05) is 30.3 Å². The standard InChI is InChI=1S/C25H26N2O4S/c1-3-31-22-11-10-17(13-23(22)30-2)21(14-24(28)26-15-19-8-6-12-32-19)27-16-18-7-4-5-9-20(18)25(27)29/h4-13,21H,3,14-16H2,1-2H3,(H,26,28). The third-order valence-electron chi connectivity index (χ3n) is 5.52. The number of rotatable bonds is 9. The fraction of sp³-hybridized carbons (Fsp3) is 0.280. The predicted molar refractivity (Wildman–Crippen MR) is 124 cm³/mol. The van der Waals surface area contributed by atoms with Gasteiger partial charge in [0.05, 0.1) is 32.7 Å². The summed E-state index contributed by atoms with van der Waals surface area (Å²) in [5.74, 6) is 1.04. The van der Waals surface area contributed by atoms with Crippen LogP contribution in [0.1, 0.15) is 45.7 Å². The van der Waals surface area contributed by atoms with Crippen molar-refractivity contribution in [1.82, 2.24) is 10.2 Å². The number of carbonyl (C=O) groups excluding carboxylic acids is 2. The van der Waals surface area contributed by atoms with Gasteiger partial charge in [-0.3, -0.25) is 9.59 Å². The Morgan fingerprint density at radius 2 is 2.00 bits per heavy atom. The van der Waals surface area contributed by atoms with E-state index in [1.54, 1.807) is 23.3 Å². The summed E-state index contributed by atoms with van der Waals surface area (Å²) < 4.78 is 11.2. The molecule has 2 amide bonds. The van der Waals surface area contributed by atoms with E-state index in [4.69, 9.17) is 9.47 Å². The summed E-state index contributed by atoms with van der Waals surface area (Å²) in [7, 11) is 1.58. The Balaban J connectivity index is 1.61. The minimum atomic E-state index is -0.428. The predicted octanol–water partition coefficient (Wildman–Crippen LogP) is 4.56. The molecule has 1 aliphatic rings. The van der Waals surface area contributed by atoms with Gasteiger partial charge in [0, 0.05) is 17.0 Å². The lowest BCUT2D eigenvalue weighted by Gasteiger charge is -2.28. The molecule has 1 unspecified atom stereocenters. The molecule has 3 aromatic rings. The normalized spacial score (nSPS) is 13.6. The van der Waals surface area contributed by atoms with E-state index in [0.717, 1.165) is 16.0 Å². The smallest absolute Gasteiger partial charge is 0.255 e. The number of hydrogen-bond donors (Lipinski definition) is 1. The maximum absolute atomic E-state index is 13.2. The van der Waals surface area contributed by atoms with Crippen LogP contribution < -0.4 is 14.8 Å². The second-order valence-electron chi connectivity index (χ2n) is 7.51. The van der Waals surface area contributed by atoms with Crippen molar-refractivity contribution in [2.24, 2.45) is 0 Å². The summed E-state index contributed by atoms with van der Waals surface area (Å²) in [5.41, 5.74) is 2.49. The van der Waals surface area contributed by atoms with E-state index < -0.39 is 6.04 Å². The van der Waals surface area contributed by atoms with Crippen LogP contribution in [0, 0.1) is 0 Å². The number of fused-ring (bicyclic) bond motifs is 1. The van der Waals surface area contributed by atoms with Gasteiger partial charge in [-0.25, -0.2) is 0 Å². The molecule has 2 aromatic carbocycles. The van der Waals surface area contributed by atoms with Gasteiger partial charge >= 0.3 is 0 Å². The topological polar surface area (TPSA) is 67.9 Å². The van der Waals surface area contributed by atoms with E-state index in [2.05, 4.69) is 5.32 Å². The lowest BCUT2D eigenvalue weighted by molar-refractivity contribution is -0.122. The molecule has 166 valence electrons. The average Bonchev–Trinajstić information content (AvgIpc) is 3.45. The van der Waals surface area contributed by atoms with Gasteiger partial charge in [-0.05, 0) is 47.7 Å². The molecular formula is C25H26N2O4S. The van der Waals surface area contributed by atoms with Crippen molar-refractivity contribution in [3.05, 3.63) is 81.5 Å². The van der Waals surface area contributed by atoms with E-state index in [0.29, 0.717) is 36.8 Å². The maximum atomic E-state index is 13.2. The minimum absolute atomic E-state index is 0.0653. The van der Waals surface area contributed by atoms with Gasteiger partial charge in [0.2, 0.25) is 5.91 Å². The summed E-state index contributed by atoms with van der Waals surface area (Å²) in [6.45, 7) is 3.37. The number of methoxy groups -OCH3 is 1. The molecule has 0 saturated carbocycles. The maximum Gasteiger partial charge on any atom is 0.255 e. The molecular weight excluding hydrogens is 424 g/mol. The Morgan fingerprint density at radius 1 is 1.16 bits per heavy atom. The molecule has 0 fully saturated rings. The number of nitrogens with one attached hydrogen (secondary N) is 1. The highest BCUT2D eigenvalue weighted by Crippen LogP contribution is 2.37. The molecule has 32 heavy (non-hydrogen) atoms. The lowest BCUT2D eigenvalue weighted by Crippen LogP contribution is -2.34. The van der Waals surface area contributed by atoms with Gasteiger partial charge in [0.15, 0.2) is 11.5 Å². The molecule has 7 heteroatoms. The summed E-state index contributed by atoms with van der Waals surface area (Å²) in [6.07, 6.45) is 0.155. The zero-order valence-electron chi connectivity index (χ0n) is 18.2. The molecule has 6 nitrogen and oxygen atoms in total. The first-order valence-corrected chi connectivity index (χ1v) is 11.5. The van der Waals surface area contributed by atoms with Crippen molar-refractivity contribution >= 4 is 23.2 Å². The summed E-state index contributed by atoms with van der Waals surface area (Å²) in [5, 5.41) is 4.97. The average molecular weight is 451 g/mol. The first-order valence-electron chi connectivity index (χ1n) is 10.6. The Hall–Kier alpha value is -3.32. The molecule has 0 aliphatic carbocycles. The van der Waals surface area contributed by atoms with E-state index in [1.165, 1.54) is 0 Å². The van der Waals surface area contributed by atoms with E-state index >= 15 is 0 Å². The number of amides is 2. The van der Waals surface area contributed by atoms with Crippen LogP contribution in [0.25, 0.3) is 0 Å². The number of nitrogens with zero attached hydrogens (tertiary/aromatic N) is 1. The van der Waals surface area contributed by atoms with Crippen molar-refractivity contribution in [1.29, 1.82) is 0 Å². The summed E-state index contributed by atoms with van der Waals surface area (Å²) in [6, 6.07) is 16.7. The molecule has 0 spiro atoms. The Kier molecular flexibility index (Phi) is 6.75. The molecule has 1 aromatic heterocycles. The van der Waals surface area contributed by atoms with Crippen molar-refractivity contribution in [2.75, 3.05) is 13.7 Å². The van der Waals surface area contributed by atoms with Crippen LogP contribution in [-0.4, -0.2) is 30.4 Å². The van der Waals surface area contributed by atoms with Crippen LogP contribution in [-0.2, 0) is 17.9 Å². The number of benzene rings is 2. The van der Waals surface area contributed by atoms with Crippen molar-refractivity contribution in [3.8, 4) is 11.5 Å². The SMILES string of the molecule is CCOc1ccc(C(CC(=O)NCc2cccs2)N2Cc3ccccc3C2=O)cc1OC. The van der Waals surface area contributed by atoms with Gasteiger partial charge in [-0.15, -0.1) is 11.3 Å². The summed E-state index contributed by atoms with van der Waals surface area (Å²) in [4.78, 5) is 28.9. The van der Waals surface area contributed by atoms with Crippen LogP contribution in [0.5, 0.6) is 11.5 Å². The lowest BCUT2D eigenvalue weighted by atomic mass is 10.0. The van der Waals surface area contributed by atoms with Crippen molar-refractivity contribution in [2.45, 2.75) is 32.5 Å². The third-order valence-corrected chi connectivity index (χ3v) is 6.39. The number of hydrogen-bond acceptors (Lipinski definition) is 5. The largest absolute Gasteiger partial charge is 0.493 e. The van der Waals surface area contributed by atoms with Crippen LogP contribution in [0.4, 0.5) is 0 Å². The van der Waals surface area contributed by atoms with Gasteiger partial charge < -0.3 is 19.7 Å². The van der Waals surface area contributed by atoms with Gasteiger partial charge in [0.1, 0.15) is 0 Å².